The molecule has 2 aromatic carbocycles. The van der Waals surface area contributed by atoms with E-state index in [4.69, 9.17) is 0 Å². The van der Waals surface area contributed by atoms with Gasteiger partial charge in [0.1, 0.15) is 0 Å². The van der Waals surface area contributed by atoms with Crippen LogP contribution in [-0.4, -0.2) is 6.54 Å². The Hall–Kier alpha value is -1.41. The number of benzene rings is 2. The Labute approximate surface area is 113 Å². The second-order valence-electron chi connectivity index (χ2n) is 4.74. The molecule has 0 aliphatic carbocycles. The zero-order valence-corrected chi connectivity index (χ0v) is 11.4. The van der Waals surface area contributed by atoms with E-state index in [2.05, 4.69) is 59.8 Å². The Morgan fingerprint density at radius 3 is 2.61 bits per heavy atom. The largest absolute Gasteiger partial charge is 0.312 e. The van der Waals surface area contributed by atoms with Crippen molar-refractivity contribution in [2.45, 2.75) is 24.7 Å². The van der Waals surface area contributed by atoms with Crippen LogP contribution in [0.2, 0.25) is 0 Å². The highest BCUT2D eigenvalue weighted by Gasteiger charge is 2.16. The van der Waals surface area contributed by atoms with Crippen molar-refractivity contribution < 1.29 is 0 Å². The number of hydrogen-bond donors (Lipinski definition) is 0. The van der Waals surface area contributed by atoms with Crippen molar-refractivity contribution in [1.82, 2.24) is 0 Å². The number of hydrogen-bond acceptors (Lipinski definition) is 2. The highest BCUT2D eigenvalue weighted by atomic mass is 32.2. The smallest absolute Gasteiger partial charge is 0.0505 e. The van der Waals surface area contributed by atoms with Crippen molar-refractivity contribution in [3.05, 3.63) is 59.7 Å². The van der Waals surface area contributed by atoms with Crippen molar-refractivity contribution in [3.8, 4) is 0 Å². The standard InChI is InChI=1S/C16H17NS/c1-13-8-10-15(11-9-13)18-17-12-4-6-14-5-2-3-7-16(14)17/h2-3,5,7-11H,4,6,12H2,1H3. The van der Waals surface area contributed by atoms with Gasteiger partial charge in [-0.2, -0.15) is 0 Å². The van der Waals surface area contributed by atoms with Crippen LogP contribution in [0, 0.1) is 6.92 Å². The summed E-state index contributed by atoms with van der Waals surface area (Å²) in [5.74, 6) is 0. The van der Waals surface area contributed by atoms with Crippen molar-refractivity contribution in [3.63, 3.8) is 0 Å². The zero-order valence-electron chi connectivity index (χ0n) is 10.6. The number of nitrogens with zero attached hydrogens (tertiary/aromatic N) is 1. The zero-order chi connectivity index (χ0) is 12.4. The van der Waals surface area contributed by atoms with E-state index >= 15 is 0 Å². The Morgan fingerprint density at radius 2 is 1.78 bits per heavy atom. The molecule has 0 radical (unpaired) electrons. The predicted molar refractivity (Wildman–Crippen MR) is 79.1 cm³/mol. The lowest BCUT2D eigenvalue weighted by molar-refractivity contribution is 0.795. The number of para-hydroxylation sites is 1. The van der Waals surface area contributed by atoms with Crippen LogP contribution in [-0.2, 0) is 6.42 Å². The first kappa shape index (κ1) is 11.7. The third-order valence-electron chi connectivity index (χ3n) is 3.30. The fourth-order valence-electron chi connectivity index (χ4n) is 2.32. The molecule has 0 saturated heterocycles. The lowest BCUT2D eigenvalue weighted by atomic mass is 10.0. The predicted octanol–water partition coefficient (Wildman–Crippen LogP) is 4.45. The van der Waals surface area contributed by atoms with Gasteiger partial charge in [-0.1, -0.05) is 35.9 Å². The highest BCUT2D eigenvalue weighted by Crippen LogP contribution is 2.35. The van der Waals surface area contributed by atoms with E-state index < -0.39 is 0 Å². The second-order valence-corrected chi connectivity index (χ2v) is 5.83. The minimum atomic E-state index is 1.13. The maximum Gasteiger partial charge on any atom is 0.0505 e. The molecule has 0 fully saturated rings. The number of anilines is 1. The molecule has 0 aromatic heterocycles. The molecule has 0 spiro atoms. The molecule has 1 nitrogen and oxygen atoms in total. The molecule has 0 saturated carbocycles. The molecule has 0 atom stereocenters. The van der Waals surface area contributed by atoms with Crippen molar-refractivity contribution >= 4 is 17.6 Å². The summed E-state index contributed by atoms with van der Waals surface area (Å²) in [6.07, 6.45) is 2.46. The summed E-state index contributed by atoms with van der Waals surface area (Å²) in [4.78, 5) is 1.32. The summed E-state index contributed by atoms with van der Waals surface area (Å²) in [7, 11) is 0. The molecular weight excluding hydrogens is 238 g/mol. The summed E-state index contributed by atoms with van der Waals surface area (Å²) in [6.45, 7) is 3.26. The fraction of sp³-hybridized carbons (Fsp3) is 0.250. The van der Waals surface area contributed by atoms with Crippen LogP contribution in [0.4, 0.5) is 5.69 Å². The fourth-order valence-corrected chi connectivity index (χ4v) is 3.33. The maximum absolute atomic E-state index is 2.42. The van der Waals surface area contributed by atoms with E-state index in [1.807, 2.05) is 11.9 Å². The molecule has 1 aliphatic rings. The van der Waals surface area contributed by atoms with Gasteiger partial charge in [0.2, 0.25) is 0 Å². The van der Waals surface area contributed by atoms with E-state index in [1.165, 1.54) is 34.6 Å². The number of rotatable bonds is 2. The summed E-state index contributed by atoms with van der Waals surface area (Å²) < 4.78 is 2.42. The van der Waals surface area contributed by atoms with Gasteiger partial charge in [0.05, 0.1) is 5.69 Å². The SMILES string of the molecule is Cc1ccc(SN2CCCc3ccccc32)cc1. The molecule has 18 heavy (non-hydrogen) atoms. The van der Waals surface area contributed by atoms with Gasteiger partial charge < -0.3 is 4.31 Å². The van der Waals surface area contributed by atoms with Crippen LogP contribution in [0.15, 0.2) is 53.4 Å². The molecule has 0 amide bonds. The Bertz CT molecular complexity index is 533. The molecule has 2 aromatic rings. The van der Waals surface area contributed by atoms with Crippen LogP contribution in [0.3, 0.4) is 0 Å². The quantitative estimate of drug-likeness (QED) is 0.729. The third-order valence-corrected chi connectivity index (χ3v) is 4.39. The van der Waals surface area contributed by atoms with E-state index in [1.54, 1.807) is 0 Å². The molecule has 92 valence electrons. The van der Waals surface area contributed by atoms with Gasteiger partial charge in [0.25, 0.3) is 0 Å². The Kier molecular flexibility index (Phi) is 3.28. The van der Waals surface area contributed by atoms with Crippen LogP contribution >= 0.6 is 11.9 Å². The van der Waals surface area contributed by atoms with Gasteiger partial charge in [0.15, 0.2) is 0 Å². The Balaban J connectivity index is 1.84. The maximum atomic E-state index is 2.42. The van der Waals surface area contributed by atoms with Gasteiger partial charge in [-0.3, -0.25) is 0 Å². The van der Waals surface area contributed by atoms with E-state index in [0.717, 1.165) is 6.54 Å². The van der Waals surface area contributed by atoms with Crippen LogP contribution in [0.25, 0.3) is 0 Å². The minimum absolute atomic E-state index is 1.13. The molecule has 0 bridgehead atoms. The average Bonchev–Trinajstić information content (AvgIpc) is 2.42. The van der Waals surface area contributed by atoms with Crippen LogP contribution in [0.5, 0.6) is 0 Å². The summed E-state index contributed by atoms with van der Waals surface area (Å²) in [6, 6.07) is 17.5. The van der Waals surface area contributed by atoms with Crippen molar-refractivity contribution in [1.29, 1.82) is 0 Å². The molecule has 1 heterocycles. The van der Waals surface area contributed by atoms with Gasteiger partial charge in [-0.25, -0.2) is 0 Å². The van der Waals surface area contributed by atoms with E-state index in [9.17, 15) is 0 Å². The molecule has 0 unspecified atom stereocenters. The monoisotopic (exact) mass is 255 g/mol. The second kappa shape index (κ2) is 5.07. The topological polar surface area (TPSA) is 3.24 Å². The van der Waals surface area contributed by atoms with Gasteiger partial charge >= 0.3 is 0 Å². The van der Waals surface area contributed by atoms with Crippen molar-refractivity contribution in [2.24, 2.45) is 0 Å². The molecule has 1 aliphatic heterocycles. The highest BCUT2D eigenvalue weighted by molar-refractivity contribution is 8.00. The molecule has 3 rings (SSSR count). The first-order valence-corrected chi connectivity index (χ1v) is 7.20. The average molecular weight is 255 g/mol. The summed E-state index contributed by atoms with van der Waals surface area (Å²) >= 11 is 1.85. The third kappa shape index (κ3) is 2.39. The number of fused-ring (bicyclic) bond motifs is 1. The summed E-state index contributed by atoms with van der Waals surface area (Å²) in [5.41, 5.74) is 4.18. The lowest BCUT2D eigenvalue weighted by Gasteiger charge is -2.29. The van der Waals surface area contributed by atoms with E-state index in [0.29, 0.717) is 0 Å². The van der Waals surface area contributed by atoms with Gasteiger partial charge in [0, 0.05) is 11.4 Å². The first-order valence-electron chi connectivity index (χ1n) is 6.43. The summed E-state index contributed by atoms with van der Waals surface area (Å²) in [5, 5.41) is 0. The van der Waals surface area contributed by atoms with Gasteiger partial charge in [-0.05, 0) is 55.5 Å². The number of aryl methyl sites for hydroxylation is 2. The normalized spacial score (nSPS) is 14.4. The van der Waals surface area contributed by atoms with Crippen LogP contribution < -0.4 is 4.31 Å². The van der Waals surface area contributed by atoms with E-state index in [-0.39, 0.29) is 0 Å². The first-order chi connectivity index (χ1) is 8.83. The van der Waals surface area contributed by atoms with Gasteiger partial charge in [-0.15, -0.1) is 0 Å². The molecule has 2 heteroatoms. The Morgan fingerprint density at radius 1 is 1.00 bits per heavy atom. The van der Waals surface area contributed by atoms with Crippen LogP contribution in [0.1, 0.15) is 17.5 Å². The minimum Gasteiger partial charge on any atom is -0.312 e. The lowest BCUT2D eigenvalue weighted by Crippen LogP contribution is -2.22. The van der Waals surface area contributed by atoms with Crippen molar-refractivity contribution in [2.75, 3.05) is 10.8 Å². The molecular formula is C16H17NS. The molecule has 0 N–H and O–H groups in total.